The number of nitrogens with one attached hydrogen (secondary N) is 1. The molecule has 0 bridgehead atoms. The molecular formula is C10H17NOS. The first kappa shape index (κ1) is 10.5. The Morgan fingerprint density at radius 2 is 2.31 bits per heavy atom. The summed E-state index contributed by atoms with van der Waals surface area (Å²) in [6.07, 6.45) is 0. The van der Waals surface area contributed by atoms with Gasteiger partial charge in [0.1, 0.15) is 5.75 Å². The van der Waals surface area contributed by atoms with E-state index in [1.165, 1.54) is 4.88 Å². The Balaban J connectivity index is 2.28. The summed E-state index contributed by atoms with van der Waals surface area (Å²) < 4.78 is 5.10. The van der Waals surface area contributed by atoms with Crippen LogP contribution in [0.5, 0.6) is 5.75 Å². The summed E-state index contributed by atoms with van der Waals surface area (Å²) in [7, 11) is 1.70. The second-order valence-electron chi connectivity index (χ2n) is 3.48. The van der Waals surface area contributed by atoms with Crippen molar-refractivity contribution in [3.63, 3.8) is 0 Å². The molecule has 3 heteroatoms. The highest BCUT2D eigenvalue weighted by Crippen LogP contribution is 2.20. The highest BCUT2D eigenvalue weighted by molar-refractivity contribution is 7.10. The third-order valence-corrected chi connectivity index (χ3v) is 2.63. The van der Waals surface area contributed by atoms with E-state index in [-0.39, 0.29) is 0 Å². The van der Waals surface area contributed by atoms with Crippen LogP contribution in [0.1, 0.15) is 18.7 Å². The number of rotatable bonds is 5. The van der Waals surface area contributed by atoms with Gasteiger partial charge < -0.3 is 10.1 Å². The van der Waals surface area contributed by atoms with Crippen LogP contribution < -0.4 is 10.1 Å². The maximum absolute atomic E-state index is 5.10. The first-order valence-electron chi connectivity index (χ1n) is 4.54. The molecule has 1 aromatic rings. The summed E-state index contributed by atoms with van der Waals surface area (Å²) in [4.78, 5) is 1.33. The van der Waals surface area contributed by atoms with Gasteiger partial charge in [-0.3, -0.25) is 0 Å². The summed E-state index contributed by atoms with van der Waals surface area (Å²) >= 11 is 1.74. The molecule has 0 aliphatic carbocycles. The van der Waals surface area contributed by atoms with Crippen molar-refractivity contribution in [2.45, 2.75) is 20.4 Å². The van der Waals surface area contributed by atoms with Gasteiger partial charge in [-0.05, 0) is 18.5 Å². The maximum Gasteiger partial charge on any atom is 0.129 e. The van der Waals surface area contributed by atoms with E-state index in [9.17, 15) is 0 Å². The minimum Gasteiger partial charge on any atom is -0.496 e. The lowest BCUT2D eigenvalue weighted by Crippen LogP contribution is -2.18. The third-order valence-electron chi connectivity index (χ3n) is 1.72. The molecule has 1 rings (SSSR count). The molecule has 0 aliphatic rings. The van der Waals surface area contributed by atoms with E-state index >= 15 is 0 Å². The lowest BCUT2D eigenvalue weighted by molar-refractivity contribution is 0.416. The smallest absolute Gasteiger partial charge is 0.129 e. The van der Waals surface area contributed by atoms with Gasteiger partial charge in [0.05, 0.1) is 7.11 Å². The zero-order valence-corrected chi connectivity index (χ0v) is 9.28. The monoisotopic (exact) mass is 199 g/mol. The van der Waals surface area contributed by atoms with E-state index in [0.29, 0.717) is 5.92 Å². The number of thiophene rings is 1. The molecule has 13 heavy (non-hydrogen) atoms. The van der Waals surface area contributed by atoms with Gasteiger partial charge in [-0.1, -0.05) is 13.8 Å². The summed E-state index contributed by atoms with van der Waals surface area (Å²) in [5.74, 6) is 1.67. The molecule has 0 aliphatic heterocycles. The van der Waals surface area contributed by atoms with E-state index in [0.717, 1.165) is 18.8 Å². The Kier molecular flexibility index (Phi) is 4.25. The van der Waals surface area contributed by atoms with E-state index in [1.54, 1.807) is 18.4 Å². The summed E-state index contributed by atoms with van der Waals surface area (Å²) in [6, 6.07) is 2.08. The minimum absolute atomic E-state index is 0.710. The van der Waals surface area contributed by atoms with Gasteiger partial charge in [0.25, 0.3) is 0 Å². The molecule has 0 aromatic carbocycles. The van der Waals surface area contributed by atoms with Gasteiger partial charge in [-0.2, -0.15) is 0 Å². The Morgan fingerprint density at radius 3 is 2.85 bits per heavy atom. The van der Waals surface area contributed by atoms with Crippen LogP contribution in [0.15, 0.2) is 11.4 Å². The van der Waals surface area contributed by atoms with Crippen LogP contribution in [0.4, 0.5) is 0 Å². The average molecular weight is 199 g/mol. The quantitative estimate of drug-likeness (QED) is 0.786. The van der Waals surface area contributed by atoms with Crippen LogP contribution in [0.3, 0.4) is 0 Å². The second-order valence-corrected chi connectivity index (χ2v) is 4.47. The van der Waals surface area contributed by atoms with E-state index in [2.05, 4.69) is 25.2 Å². The molecule has 0 unspecified atom stereocenters. The van der Waals surface area contributed by atoms with E-state index in [1.807, 2.05) is 5.38 Å². The average Bonchev–Trinajstić information content (AvgIpc) is 2.52. The predicted octanol–water partition coefficient (Wildman–Crippen LogP) is 2.50. The molecule has 0 saturated carbocycles. The van der Waals surface area contributed by atoms with Gasteiger partial charge in [-0.25, -0.2) is 0 Å². The Morgan fingerprint density at radius 1 is 1.54 bits per heavy atom. The molecule has 74 valence electrons. The summed E-state index contributed by atoms with van der Waals surface area (Å²) in [5.41, 5.74) is 0. The fourth-order valence-corrected chi connectivity index (χ4v) is 1.85. The second kappa shape index (κ2) is 5.25. The summed E-state index contributed by atoms with van der Waals surface area (Å²) in [6.45, 7) is 6.44. The number of methoxy groups -OCH3 is 1. The summed E-state index contributed by atoms with van der Waals surface area (Å²) in [5, 5.41) is 5.43. The van der Waals surface area contributed by atoms with Crippen molar-refractivity contribution in [1.82, 2.24) is 5.32 Å². The molecular weight excluding hydrogens is 182 g/mol. The standard InChI is InChI=1S/C10H17NOS/c1-8(2)5-11-6-10-4-9(12-3)7-13-10/h4,7-8,11H,5-6H2,1-3H3. The Bertz CT molecular complexity index is 245. The van der Waals surface area contributed by atoms with Crippen LogP contribution in [-0.4, -0.2) is 13.7 Å². The fourth-order valence-electron chi connectivity index (χ4n) is 1.04. The molecule has 1 N–H and O–H groups in total. The van der Waals surface area contributed by atoms with Crippen molar-refractivity contribution in [2.24, 2.45) is 5.92 Å². The normalized spacial score (nSPS) is 10.8. The van der Waals surface area contributed by atoms with Crippen LogP contribution in [0.25, 0.3) is 0 Å². The Hall–Kier alpha value is -0.540. The molecule has 1 heterocycles. The van der Waals surface area contributed by atoms with Crippen molar-refractivity contribution >= 4 is 11.3 Å². The molecule has 0 saturated heterocycles. The number of hydrogen-bond acceptors (Lipinski definition) is 3. The number of ether oxygens (including phenoxy) is 1. The van der Waals surface area contributed by atoms with Gasteiger partial charge in [0, 0.05) is 16.8 Å². The zero-order chi connectivity index (χ0) is 9.68. The maximum atomic E-state index is 5.10. The lowest BCUT2D eigenvalue weighted by Gasteiger charge is -2.04. The van der Waals surface area contributed by atoms with Crippen molar-refractivity contribution in [3.05, 3.63) is 16.3 Å². The van der Waals surface area contributed by atoms with E-state index in [4.69, 9.17) is 4.74 Å². The largest absolute Gasteiger partial charge is 0.496 e. The topological polar surface area (TPSA) is 21.3 Å². The van der Waals surface area contributed by atoms with Crippen molar-refractivity contribution in [1.29, 1.82) is 0 Å². The van der Waals surface area contributed by atoms with Gasteiger partial charge in [-0.15, -0.1) is 11.3 Å². The molecule has 1 aromatic heterocycles. The fraction of sp³-hybridized carbons (Fsp3) is 0.600. The highest BCUT2D eigenvalue weighted by Gasteiger charge is 1.99. The van der Waals surface area contributed by atoms with Crippen LogP contribution in [-0.2, 0) is 6.54 Å². The first-order chi connectivity index (χ1) is 6.22. The van der Waals surface area contributed by atoms with Crippen LogP contribution in [0, 0.1) is 5.92 Å². The van der Waals surface area contributed by atoms with Crippen molar-refractivity contribution < 1.29 is 4.74 Å². The van der Waals surface area contributed by atoms with Crippen molar-refractivity contribution in [2.75, 3.05) is 13.7 Å². The molecule has 2 nitrogen and oxygen atoms in total. The molecule has 0 atom stereocenters. The van der Waals surface area contributed by atoms with Gasteiger partial charge in [0.2, 0.25) is 0 Å². The highest BCUT2D eigenvalue weighted by atomic mass is 32.1. The van der Waals surface area contributed by atoms with Crippen molar-refractivity contribution in [3.8, 4) is 5.75 Å². The molecule has 0 fully saturated rings. The Labute approximate surface area is 83.9 Å². The lowest BCUT2D eigenvalue weighted by atomic mass is 10.2. The van der Waals surface area contributed by atoms with Crippen LogP contribution >= 0.6 is 11.3 Å². The molecule has 0 spiro atoms. The van der Waals surface area contributed by atoms with E-state index < -0.39 is 0 Å². The van der Waals surface area contributed by atoms with Crippen LogP contribution in [0.2, 0.25) is 0 Å². The van der Waals surface area contributed by atoms with Gasteiger partial charge >= 0.3 is 0 Å². The SMILES string of the molecule is COc1csc(CNCC(C)C)c1. The third kappa shape index (κ3) is 3.79. The first-order valence-corrected chi connectivity index (χ1v) is 5.42. The van der Waals surface area contributed by atoms with Gasteiger partial charge in [0.15, 0.2) is 0 Å². The molecule has 0 radical (unpaired) electrons. The molecule has 0 amide bonds. The minimum atomic E-state index is 0.710. The predicted molar refractivity (Wildman–Crippen MR) is 57.4 cm³/mol. The number of hydrogen-bond donors (Lipinski definition) is 1. The zero-order valence-electron chi connectivity index (χ0n) is 8.46.